The van der Waals surface area contributed by atoms with E-state index in [-0.39, 0.29) is 23.2 Å². The van der Waals surface area contributed by atoms with Gasteiger partial charge in [0.05, 0.1) is 10.5 Å². The Bertz CT molecular complexity index is 810. The Balaban J connectivity index is 1.99. The molecule has 0 saturated heterocycles. The fraction of sp³-hybridized carbons (Fsp3) is 0.176. The van der Waals surface area contributed by atoms with Crippen LogP contribution in [0.15, 0.2) is 42.5 Å². The molecule has 0 bridgehead atoms. The number of nitrogens with zero attached hydrogens (tertiary/aromatic N) is 1. The summed E-state index contributed by atoms with van der Waals surface area (Å²) in [5.74, 6) is -1.45. The van der Waals surface area contributed by atoms with Crippen LogP contribution in [0.2, 0.25) is 0 Å². The van der Waals surface area contributed by atoms with Crippen LogP contribution in [0, 0.1) is 10.1 Å². The Morgan fingerprint density at radius 3 is 2.42 bits per heavy atom. The summed E-state index contributed by atoms with van der Waals surface area (Å²) in [5, 5.41) is 23.0. The average Bonchev–Trinajstić information content (AvgIpc) is 3.38. The molecule has 7 nitrogen and oxygen atoms in total. The normalized spacial score (nSPS) is 13.3. The van der Waals surface area contributed by atoms with E-state index >= 15 is 0 Å². The lowest BCUT2D eigenvalue weighted by Crippen LogP contribution is -2.25. The number of carbonyl (C=O) groups excluding carboxylic acids is 1. The molecule has 2 aromatic rings. The highest BCUT2D eigenvalue weighted by atomic mass is 16.6. The second-order valence-electron chi connectivity index (χ2n) is 5.66. The van der Waals surface area contributed by atoms with Crippen molar-refractivity contribution in [1.29, 1.82) is 0 Å². The minimum Gasteiger partial charge on any atom is -0.478 e. The van der Waals surface area contributed by atoms with Gasteiger partial charge in [0.15, 0.2) is 0 Å². The van der Waals surface area contributed by atoms with Crippen LogP contribution < -0.4 is 5.32 Å². The number of aromatic carboxylic acids is 1. The first-order valence-corrected chi connectivity index (χ1v) is 7.38. The number of hydrogen-bond donors (Lipinski definition) is 2. The molecule has 1 aliphatic carbocycles. The third kappa shape index (κ3) is 3.40. The number of nitrogens with one attached hydrogen (secondary N) is 1. The standard InChI is InChI=1S/C17H14N2O5/c20-16(18-14-4-5-14)11-3-1-2-10(6-11)12-7-13(17(21)22)9-15(8-12)19(23)24/h1-3,6-9,14H,4-5H2,(H,18,20)(H,21,22). The highest BCUT2D eigenvalue weighted by Gasteiger charge is 2.24. The molecular weight excluding hydrogens is 312 g/mol. The molecule has 2 N–H and O–H groups in total. The van der Waals surface area contributed by atoms with Gasteiger partial charge in [-0.15, -0.1) is 0 Å². The minimum atomic E-state index is -1.25. The number of amides is 1. The number of carboxylic acid groups (broad SMARTS) is 1. The van der Waals surface area contributed by atoms with Gasteiger partial charge >= 0.3 is 5.97 Å². The van der Waals surface area contributed by atoms with Crippen LogP contribution in [0.4, 0.5) is 5.69 Å². The number of carbonyl (C=O) groups is 2. The van der Waals surface area contributed by atoms with Crippen molar-refractivity contribution in [2.75, 3.05) is 0 Å². The number of rotatable bonds is 5. The van der Waals surface area contributed by atoms with Crippen LogP contribution >= 0.6 is 0 Å². The SMILES string of the molecule is O=C(O)c1cc(-c2cccc(C(=O)NC3CC3)c2)cc([N+](=O)[O-])c1. The molecule has 0 heterocycles. The maximum atomic E-state index is 12.1. The first-order chi connectivity index (χ1) is 11.4. The van der Waals surface area contributed by atoms with Crippen LogP contribution in [0.5, 0.6) is 0 Å². The molecule has 3 rings (SSSR count). The molecule has 2 aromatic carbocycles. The van der Waals surface area contributed by atoms with Crippen molar-refractivity contribution in [2.45, 2.75) is 18.9 Å². The second-order valence-corrected chi connectivity index (χ2v) is 5.66. The number of hydrogen-bond acceptors (Lipinski definition) is 4. The molecule has 1 amide bonds. The first kappa shape index (κ1) is 15.7. The molecule has 0 aromatic heterocycles. The van der Waals surface area contributed by atoms with E-state index in [1.54, 1.807) is 24.3 Å². The fourth-order valence-corrected chi connectivity index (χ4v) is 2.34. The fourth-order valence-electron chi connectivity index (χ4n) is 2.34. The van der Waals surface area contributed by atoms with Gasteiger partial charge in [-0.25, -0.2) is 4.79 Å². The van der Waals surface area contributed by atoms with Crippen molar-refractivity contribution in [2.24, 2.45) is 0 Å². The van der Waals surface area contributed by atoms with E-state index in [4.69, 9.17) is 5.11 Å². The number of benzene rings is 2. The number of nitro groups is 1. The topological polar surface area (TPSA) is 110 Å². The summed E-state index contributed by atoms with van der Waals surface area (Å²) < 4.78 is 0. The predicted octanol–water partition coefficient (Wildman–Crippen LogP) is 2.85. The van der Waals surface area contributed by atoms with E-state index in [0.717, 1.165) is 18.9 Å². The van der Waals surface area contributed by atoms with Crippen LogP contribution in [-0.4, -0.2) is 27.9 Å². The summed E-state index contributed by atoms with van der Waals surface area (Å²) in [6.45, 7) is 0. The van der Waals surface area contributed by atoms with Gasteiger partial charge in [-0.3, -0.25) is 14.9 Å². The molecule has 0 unspecified atom stereocenters. The van der Waals surface area contributed by atoms with E-state index in [1.807, 2.05) is 0 Å². The van der Waals surface area contributed by atoms with Crippen LogP contribution in [-0.2, 0) is 0 Å². The number of nitro benzene ring substituents is 1. The van der Waals surface area contributed by atoms with Crippen LogP contribution in [0.25, 0.3) is 11.1 Å². The average molecular weight is 326 g/mol. The molecule has 1 fully saturated rings. The van der Waals surface area contributed by atoms with E-state index in [2.05, 4.69) is 5.32 Å². The Morgan fingerprint density at radius 1 is 1.08 bits per heavy atom. The van der Waals surface area contributed by atoms with E-state index in [1.165, 1.54) is 12.1 Å². The Labute approximate surface area is 137 Å². The summed E-state index contributed by atoms with van der Waals surface area (Å²) in [5.41, 5.74) is 0.875. The van der Waals surface area contributed by atoms with E-state index in [0.29, 0.717) is 16.7 Å². The lowest BCUT2D eigenvalue weighted by Gasteiger charge is -2.07. The maximum absolute atomic E-state index is 12.1. The largest absolute Gasteiger partial charge is 0.478 e. The minimum absolute atomic E-state index is 0.174. The Morgan fingerprint density at radius 2 is 1.79 bits per heavy atom. The zero-order chi connectivity index (χ0) is 17.3. The summed E-state index contributed by atoms with van der Waals surface area (Å²) >= 11 is 0. The Hall–Kier alpha value is -3.22. The highest BCUT2D eigenvalue weighted by molar-refractivity contribution is 5.96. The monoisotopic (exact) mass is 326 g/mol. The predicted molar refractivity (Wildman–Crippen MR) is 86.0 cm³/mol. The molecule has 0 aliphatic heterocycles. The maximum Gasteiger partial charge on any atom is 0.335 e. The summed E-state index contributed by atoms with van der Waals surface area (Å²) in [7, 11) is 0. The van der Waals surface area contributed by atoms with E-state index in [9.17, 15) is 19.7 Å². The second kappa shape index (κ2) is 6.11. The van der Waals surface area contributed by atoms with Gasteiger partial charge in [0.1, 0.15) is 0 Å². The van der Waals surface area contributed by atoms with Gasteiger partial charge in [0.25, 0.3) is 11.6 Å². The zero-order valence-corrected chi connectivity index (χ0v) is 12.6. The van der Waals surface area contributed by atoms with Gasteiger partial charge in [-0.2, -0.15) is 0 Å². The van der Waals surface area contributed by atoms with Gasteiger partial charge in [-0.1, -0.05) is 12.1 Å². The quantitative estimate of drug-likeness (QED) is 0.648. The van der Waals surface area contributed by atoms with Crippen molar-refractivity contribution < 1.29 is 19.6 Å². The lowest BCUT2D eigenvalue weighted by atomic mass is 10.00. The van der Waals surface area contributed by atoms with Crippen LogP contribution in [0.1, 0.15) is 33.6 Å². The van der Waals surface area contributed by atoms with Gasteiger partial charge in [0, 0.05) is 23.7 Å². The molecule has 24 heavy (non-hydrogen) atoms. The summed E-state index contributed by atoms with van der Waals surface area (Å²) in [6, 6.07) is 10.5. The third-order valence-electron chi connectivity index (χ3n) is 3.75. The highest BCUT2D eigenvalue weighted by Crippen LogP contribution is 2.27. The molecular formula is C17H14N2O5. The number of non-ortho nitro benzene ring substituents is 1. The van der Waals surface area contributed by atoms with Gasteiger partial charge < -0.3 is 10.4 Å². The van der Waals surface area contributed by atoms with Crippen LogP contribution in [0.3, 0.4) is 0 Å². The van der Waals surface area contributed by atoms with Gasteiger partial charge in [0.2, 0.25) is 0 Å². The molecule has 0 radical (unpaired) electrons. The Kier molecular flexibility index (Phi) is 3.99. The smallest absolute Gasteiger partial charge is 0.335 e. The van der Waals surface area contributed by atoms with Crippen molar-refractivity contribution >= 4 is 17.6 Å². The van der Waals surface area contributed by atoms with Gasteiger partial charge in [-0.05, 0) is 42.2 Å². The molecule has 1 saturated carbocycles. The summed E-state index contributed by atoms with van der Waals surface area (Å²) in [6.07, 6.45) is 1.94. The molecule has 0 atom stereocenters. The molecule has 0 spiro atoms. The third-order valence-corrected chi connectivity index (χ3v) is 3.75. The first-order valence-electron chi connectivity index (χ1n) is 7.38. The summed E-state index contributed by atoms with van der Waals surface area (Å²) in [4.78, 5) is 33.7. The van der Waals surface area contributed by atoms with Crippen molar-refractivity contribution in [3.05, 3.63) is 63.7 Å². The zero-order valence-electron chi connectivity index (χ0n) is 12.6. The van der Waals surface area contributed by atoms with E-state index < -0.39 is 10.9 Å². The van der Waals surface area contributed by atoms with Crippen molar-refractivity contribution in [3.8, 4) is 11.1 Å². The van der Waals surface area contributed by atoms with Crippen molar-refractivity contribution in [1.82, 2.24) is 5.32 Å². The molecule has 1 aliphatic rings. The lowest BCUT2D eigenvalue weighted by molar-refractivity contribution is -0.384. The number of carboxylic acids is 1. The molecule has 7 heteroatoms. The molecule has 122 valence electrons. The van der Waals surface area contributed by atoms with Crippen molar-refractivity contribution in [3.63, 3.8) is 0 Å².